The van der Waals surface area contributed by atoms with Crippen molar-refractivity contribution in [3.05, 3.63) is 23.8 Å². The molecular weight excluding hydrogens is 384 g/mol. The third-order valence-electron chi connectivity index (χ3n) is 9.17. The van der Waals surface area contributed by atoms with E-state index in [9.17, 15) is 9.90 Å². The van der Waals surface area contributed by atoms with Crippen molar-refractivity contribution in [2.75, 3.05) is 0 Å². The number of aliphatic hydroxyl groups is 1. The molecule has 0 aromatic rings. The maximum absolute atomic E-state index is 12.2. The maximum atomic E-state index is 12.2. The van der Waals surface area contributed by atoms with E-state index >= 15 is 0 Å². The number of hydrogen-bond donors (Lipinski definition) is 1. The van der Waals surface area contributed by atoms with Crippen molar-refractivity contribution < 1.29 is 14.6 Å². The second kappa shape index (κ2) is 9.14. The molecule has 0 amide bonds. The molecule has 3 heteroatoms. The van der Waals surface area contributed by atoms with Crippen LogP contribution < -0.4 is 0 Å². The number of terminal acetylenes is 1. The Balaban J connectivity index is 1.41. The van der Waals surface area contributed by atoms with Crippen LogP contribution in [-0.4, -0.2) is 22.8 Å². The van der Waals surface area contributed by atoms with E-state index in [2.05, 4.69) is 31.9 Å². The van der Waals surface area contributed by atoms with Gasteiger partial charge in [0, 0.05) is 11.8 Å². The average molecular weight is 425 g/mol. The van der Waals surface area contributed by atoms with Crippen LogP contribution in [0.5, 0.6) is 0 Å². The predicted molar refractivity (Wildman–Crippen MR) is 124 cm³/mol. The van der Waals surface area contributed by atoms with Gasteiger partial charge in [0.05, 0.1) is 0 Å². The second-order valence-electron chi connectivity index (χ2n) is 10.5. The Morgan fingerprint density at radius 3 is 2.77 bits per heavy atom. The molecule has 0 bridgehead atoms. The highest BCUT2D eigenvalue weighted by Gasteiger charge is 2.61. The van der Waals surface area contributed by atoms with E-state index in [1.54, 1.807) is 0 Å². The average Bonchev–Trinajstić information content (AvgIpc) is 3.10. The minimum atomic E-state index is -1.09. The summed E-state index contributed by atoms with van der Waals surface area (Å²) in [6.07, 6.45) is 24.6. The summed E-state index contributed by atoms with van der Waals surface area (Å²) in [6.45, 7) is 4.38. The summed E-state index contributed by atoms with van der Waals surface area (Å²) >= 11 is 0. The number of unbranched alkanes of at least 4 members (excludes halogenated alkanes) is 3. The summed E-state index contributed by atoms with van der Waals surface area (Å²) in [4.78, 5) is 12.2. The SMILES string of the molecule is C#C[C@]1(O)C=C[C@H]2[C@@H]3CCC4=C[C@@H](OC(=O)CCCCCC)CC[C@@H]4[C@H]3CC[C@@]21CC. The molecule has 170 valence electrons. The van der Waals surface area contributed by atoms with Gasteiger partial charge in [-0.25, -0.2) is 0 Å². The van der Waals surface area contributed by atoms with Gasteiger partial charge in [-0.3, -0.25) is 4.79 Å². The largest absolute Gasteiger partial charge is 0.458 e. The fourth-order valence-corrected chi connectivity index (χ4v) is 7.51. The van der Waals surface area contributed by atoms with Crippen LogP contribution in [0.2, 0.25) is 0 Å². The lowest BCUT2D eigenvalue weighted by Gasteiger charge is -2.56. The third kappa shape index (κ3) is 3.91. The summed E-state index contributed by atoms with van der Waals surface area (Å²) in [5, 5.41) is 11.2. The highest BCUT2D eigenvalue weighted by molar-refractivity contribution is 5.69. The number of ether oxygens (including phenoxy) is 1. The molecule has 3 nitrogen and oxygen atoms in total. The summed E-state index contributed by atoms with van der Waals surface area (Å²) in [5.74, 6) is 4.98. The molecule has 1 N–H and O–H groups in total. The molecule has 0 saturated heterocycles. The molecule has 0 unspecified atom stereocenters. The third-order valence-corrected chi connectivity index (χ3v) is 9.17. The van der Waals surface area contributed by atoms with Gasteiger partial charge in [-0.15, -0.1) is 6.42 Å². The zero-order valence-electron chi connectivity index (χ0n) is 19.4. The molecule has 4 aliphatic rings. The molecule has 0 aliphatic heterocycles. The van der Waals surface area contributed by atoms with Crippen LogP contribution in [0.4, 0.5) is 0 Å². The fraction of sp³-hybridized carbons (Fsp3) is 0.750. The van der Waals surface area contributed by atoms with E-state index < -0.39 is 5.60 Å². The van der Waals surface area contributed by atoms with Crippen molar-refractivity contribution in [2.45, 2.75) is 103 Å². The molecule has 0 spiro atoms. The Bertz CT molecular complexity index is 774. The molecule has 0 radical (unpaired) electrons. The molecule has 4 aliphatic carbocycles. The number of fused-ring (bicyclic) bond motifs is 5. The van der Waals surface area contributed by atoms with E-state index in [1.165, 1.54) is 18.4 Å². The van der Waals surface area contributed by atoms with Gasteiger partial charge in [-0.05, 0) is 87.2 Å². The first-order chi connectivity index (χ1) is 15.0. The lowest BCUT2D eigenvalue weighted by molar-refractivity contribution is -0.148. The van der Waals surface area contributed by atoms with Gasteiger partial charge in [0.1, 0.15) is 11.7 Å². The zero-order chi connectivity index (χ0) is 22.1. The Morgan fingerprint density at radius 2 is 2.03 bits per heavy atom. The number of rotatable bonds is 7. The minimum Gasteiger partial charge on any atom is -0.458 e. The Hall–Kier alpha value is -1.53. The van der Waals surface area contributed by atoms with E-state index in [1.807, 2.05) is 6.08 Å². The fourth-order valence-electron chi connectivity index (χ4n) is 7.51. The first-order valence-corrected chi connectivity index (χ1v) is 12.8. The lowest BCUT2D eigenvalue weighted by Crippen LogP contribution is -2.54. The Kier molecular flexibility index (Phi) is 6.68. The smallest absolute Gasteiger partial charge is 0.306 e. The van der Waals surface area contributed by atoms with Crippen LogP contribution in [-0.2, 0) is 9.53 Å². The first kappa shape index (κ1) is 22.7. The van der Waals surface area contributed by atoms with Crippen molar-refractivity contribution in [2.24, 2.45) is 29.1 Å². The molecule has 31 heavy (non-hydrogen) atoms. The summed E-state index contributed by atoms with van der Waals surface area (Å²) in [6, 6.07) is 0. The highest BCUT2D eigenvalue weighted by atomic mass is 16.5. The Labute approximate surface area is 188 Å². The molecule has 2 fully saturated rings. The predicted octanol–water partition coefficient (Wildman–Crippen LogP) is 5.97. The van der Waals surface area contributed by atoms with E-state index in [0.29, 0.717) is 30.1 Å². The van der Waals surface area contributed by atoms with Crippen molar-refractivity contribution in [1.29, 1.82) is 0 Å². The number of hydrogen-bond acceptors (Lipinski definition) is 3. The maximum Gasteiger partial charge on any atom is 0.306 e. The standard InChI is InChI=1S/C28H40O3/c1-4-7-8-9-10-26(29)31-21-12-14-22-20(19-21)11-13-24-23(22)15-17-27(5-2)25(24)16-18-28(27,30)6-3/h3,16,18-19,21-25,30H,4-5,7-15,17H2,1-2H3/t21-,22-,23+,24+,25-,27-,28-/m0/s1. The number of esters is 1. The van der Waals surface area contributed by atoms with Crippen molar-refractivity contribution >= 4 is 5.97 Å². The first-order valence-electron chi connectivity index (χ1n) is 12.8. The van der Waals surface area contributed by atoms with Gasteiger partial charge in [0.15, 0.2) is 0 Å². The molecule has 0 aromatic heterocycles. The van der Waals surface area contributed by atoms with Crippen LogP contribution in [0.15, 0.2) is 23.8 Å². The highest BCUT2D eigenvalue weighted by Crippen LogP contribution is 2.63. The van der Waals surface area contributed by atoms with Crippen molar-refractivity contribution in [3.8, 4) is 12.3 Å². The summed E-state index contributed by atoms with van der Waals surface area (Å²) in [5.41, 5.74) is 0.250. The molecule has 0 aromatic carbocycles. The number of carbonyl (C=O) groups is 1. The van der Waals surface area contributed by atoms with Gasteiger partial charge in [-0.1, -0.05) is 50.7 Å². The second-order valence-corrected chi connectivity index (χ2v) is 10.5. The van der Waals surface area contributed by atoms with Gasteiger partial charge < -0.3 is 9.84 Å². The lowest BCUT2D eigenvalue weighted by atomic mass is 9.49. The quantitative estimate of drug-likeness (QED) is 0.237. The van der Waals surface area contributed by atoms with Crippen LogP contribution >= 0.6 is 0 Å². The molecule has 7 atom stereocenters. The molecular formula is C28H40O3. The Morgan fingerprint density at radius 1 is 1.19 bits per heavy atom. The van der Waals surface area contributed by atoms with Crippen LogP contribution in [0.25, 0.3) is 0 Å². The van der Waals surface area contributed by atoms with E-state index in [0.717, 1.165) is 57.8 Å². The van der Waals surface area contributed by atoms with Crippen LogP contribution in [0, 0.1) is 41.4 Å². The van der Waals surface area contributed by atoms with Gasteiger partial charge >= 0.3 is 5.97 Å². The summed E-state index contributed by atoms with van der Waals surface area (Å²) < 4.78 is 5.82. The normalized spacial score (nSPS) is 40.8. The van der Waals surface area contributed by atoms with Crippen LogP contribution in [0.1, 0.15) is 90.9 Å². The van der Waals surface area contributed by atoms with E-state index in [-0.39, 0.29) is 17.5 Å². The van der Waals surface area contributed by atoms with Crippen molar-refractivity contribution in [3.63, 3.8) is 0 Å². The number of carbonyl (C=O) groups excluding carboxylic acids is 1. The topological polar surface area (TPSA) is 46.5 Å². The monoisotopic (exact) mass is 424 g/mol. The van der Waals surface area contributed by atoms with Crippen LogP contribution in [0.3, 0.4) is 0 Å². The van der Waals surface area contributed by atoms with E-state index in [4.69, 9.17) is 11.2 Å². The zero-order valence-corrected chi connectivity index (χ0v) is 19.4. The van der Waals surface area contributed by atoms with Gasteiger partial charge in [-0.2, -0.15) is 0 Å². The van der Waals surface area contributed by atoms with Gasteiger partial charge in [0.25, 0.3) is 0 Å². The van der Waals surface area contributed by atoms with Crippen molar-refractivity contribution in [1.82, 2.24) is 0 Å². The molecule has 0 heterocycles. The summed E-state index contributed by atoms with van der Waals surface area (Å²) in [7, 11) is 0. The van der Waals surface area contributed by atoms with Gasteiger partial charge in [0.2, 0.25) is 0 Å². The number of allylic oxidation sites excluding steroid dienone is 2. The molecule has 2 saturated carbocycles. The minimum absolute atomic E-state index is 0.0276. The molecule has 4 rings (SSSR count).